The molecule has 1 aromatic heterocycles. The van der Waals surface area contributed by atoms with Crippen LogP contribution < -0.4 is 11.2 Å². The minimum absolute atomic E-state index is 0.0799. The van der Waals surface area contributed by atoms with Gasteiger partial charge in [0.15, 0.2) is 4.90 Å². The fraction of sp³-hybridized carbons (Fsp3) is 0.200. The lowest BCUT2D eigenvalue weighted by atomic mass is 10.4. The Labute approximate surface area is 77.0 Å². The van der Waals surface area contributed by atoms with E-state index in [1.807, 2.05) is 0 Å². The van der Waals surface area contributed by atoms with E-state index in [2.05, 4.69) is 4.98 Å². The second kappa shape index (κ2) is 3.00. The maximum Gasteiger partial charge on any atom is 0.325 e. The van der Waals surface area contributed by atoms with Gasteiger partial charge in [0, 0.05) is 16.4 Å². The van der Waals surface area contributed by atoms with Crippen molar-refractivity contribution >= 4 is 19.7 Å². The molecule has 1 heterocycles. The molecular weight excluding hydrogens is 220 g/mol. The van der Waals surface area contributed by atoms with Gasteiger partial charge in [-0.2, -0.15) is 0 Å². The number of hydrogen-bond acceptors (Lipinski definition) is 4. The highest BCUT2D eigenvalue weighted by atomic mass is 35.7. The van der Waals surface area contributed by atoms with E-state index in [0.717, 1.165) is 0 Å². The summed E-state index contributed by atoms with van der Waals surface area (Å²) < 4.78 is 21.6. The number of halogens is 1. The van der Waals surface area contributed by atoms with Gasteiger partial charge in [-0.15, -0.1) is 0 Å². The molecule has 0 aliphatic carbocycles. The Balaban J connectivity index is 3.77. The molecular formula is C5H5ClN2O4S. The van der Waals surface area contributed by atoms with E-state index in [-0.39, 0.29) is 5.69 Å². The van der Waals surface area contributed by atoms with Crippen molar-refractivity contribution in [3.63, 3.8) is 0 Å². The third kappa shape index (κ3) is 1.99. The van der Waals surface area contributed by atoms with Crippen LogP contribution in [0.4, 0.5) is 0 Å². The normalized spacial score (nSPS) is 11.5. The summed E-state index contributed by atoms with van der Waals surface area (Å²) in [6, 6.07) is 0. The van der Waals surface area contributed by atoms with Gasteiger partial charge < -0.3 is 4.98 Å². The van der Waals surface area contributed by atoms with Gasteiger partial charge in [-0.3, -0.25) is 9.78 Å². The van der Waals surface area contributed by atoms with Gasteiger partial charge in [-0.25, -0.2) is 13.2 Å². The van der Waals surface area contributed by atoms with Crippen LogP contribution in [0.3, 0.4) is 0 Å². The molecule has 0 saturated carbocycles. The summed E-state index contributed by atoms with van der Waals surface area (Å²) in [6.45, 7) is 1.27. The zero-order chi connectivity index (χ0) is 10.2. The second-order valence-electron chi connectivity index (χ2n) is 2.30. The third-order valence-corrected chi connectivity index (χ3v) is 2.76. The quantitative estimate of drug-likeness (QED) is 0.616. The third-order valence-electron chi connectivity index (χ3n) is 1.32. The summed E-state index contributed by atoms with van der Waals surface area (Å²) in [5, 5.41) is 0. The predicted octanol–water partition coefficient (Wildman–Crippen LogP) is -0.701. The van der Waals surface area contributed by atoms with Gasteiger partial charge in [0.25, 0.3) is 14.6 Å². The molecule has 0 saturated heterocycles. The molecule has 8 heteroatoms. The summed E-state index contributed by atoms with van der Waals surface area (Å²) in [4.78, 5) is 24.8. The van der Waals surface area contributed by atoms with Crippen LogP contribution in [-0.2, 0) is 9.05 Å². The van der Waals surface area contributed by atoms with Crippen LogP contribution in [0.1, 0.15) is 5.69 Å². The number of nitrogens with one attached hydrogen (secondary N) is 2. The lowest BCUT2D eigenvalue weighted by Crippen LogP contribution is -2.27. The van der Waals surface area contributed by atoms with Crippen LogP contribution >= 0.6 is 10.7 Å². The van der Waals surface area contributed by atoms with E-state index in [1.54, 1.807) is 4.98 Å². The maximum absolute atomic E-state index is 11.0. The van der Waals surface area contributed by atoms with Gasteiger partial charge in [0.05, 0.1) is 0 Å². The lowest BCUT2D eigenvalue weighted by molar-refractivity contribution is 0.606. The van der Waals surface area contributed by atoms with Crippen LogP contribution in [0, 0.1) is 6.92 Å². The molecule has 0 radical (unpaired) electrons. The zero-order valence-corrected chi connectivity index (χ0v) is 7.99. The van der Waals surface area contributed by atoms with E-state index in [4.69, 9.17) is 10.7 Å². The second-order valence-corrected chi connectivity index (χ2v) is 4.80. The van der Waals surface area contributed by atoms with Gasteiger partial charge in [0.1, 0.15) is 0 Å². The molecule has 72 valence electrons. The van der Waals surface area contributed by atoms with Crippen molar-refractivity contribution in [1.82, 2.24) is 9.97 Å². The lowest BCUT2D eigenvalue weighted by Gasteiger charge is -1.97. The topological polar surface area (TPSA) is 99.9 Å². The average Bonchev–Trinajstić information content (AvgIpc) is 1.78. The van der Waals surface area contributed by atoms with Gasteiger partial charge >= 0.3 is 5.69 Å². The number of H-pyrrole nitrogens is 2. The van der Waals surface area contributed by atoms with E-state index in [0.29, 0.717) is 0 Å². The van der Waals surface area contributed by atoms with E-state index in [9.17, 15) is 18.0 Å². The highest BCUT2D eigenvalue weighted by Crippen LogP contribution is 2.10. The van der Waals surface area contributed by atoms with Crippen molar-refractivity contribution in [2.45, 2.75) is 11.8 Å². The Morgan fingerprint density at radius 3 is 2.15 bits per heavy atom. The van der Waals surface area contributed by atoms with Crippen molar-refractivity contribution in [1.29, 1.82) is 0 Å². The monoisotopic (exact) mass is 224 g/mol. The van der Waals surface area contributed by atoms with Crippen molar-refractivity contribution in [2.75, 3.05) is 0 Å². The van der Waals surface area contributed by atoms with Crippen LogP contribution in [0.2, 0.25) is 0 Å². The number of aromatic amines is 2. The summed E-state index contributed by atoms with van der Waals surface area (Å²) >= 11 is 0. The first-order valence-electron chi connectivity index (χ1n) is 3.10. The Morgan fingerprint density at radius 1 is 1.23 bits per heavy atom. The molecule has 0 fully saturated rings. The fourth-order valence-electron chi connectivity index (χ4n) is 0.882. The molecule has 1 rings (SSSR count). The Bertz CT molecular complexity index is 540. The molecule has 0 atom stereocenters. The summed E-state index contributed by atoms with van der Waals surface area (Å²) in [5.74, 6) is 0. The minimum Gasteiger partial charge on any atom is -0.310 e. The van der Waals surface area contributed by atoms with Crippen LogP contribution in [0.5, 0.6) is 0 Å². The molecule has 0 unspecified atom stereocenters. The Morgan fingerprint density at radius 2 is 1.77 bits per heavy atom. The summed E-state index contributed by atoms with van der Waals surface area (Å²) in [5.41, 5.74) is -1.87. The molecule has 6 nitrogen and oxygen atoms in total. The molecule has 0 amide bonds. The Hall–Kier alpha value is -1.08. The zero-order valence-electron chi connectivity index (χ0n) is 6.42. The highest BCUT2D eigenvalue weighted by molar-refractivity contribution is 8.13. The van der Waals surface area contributed by atoms with Crippen LogP contribution in [0.25, 0.3) is 0 Å². The molecule has 0 spiro atoms. The largest absolute Gasteiger partial charge is 0.325 e. The van der Waals surface area contributed by atoms with Crippen molar-refractivity contribution < 1.29 is 8.42 Å². The van der Waals surface area contributed by atoms with Gasteiger partial charge in [-0.05, 0) is 6.92 Å². The standard InChI is InChI=1S/C5H5ClN2O4S/c1-2-3(13(6,11)12)4(9)8-5(10)7-2/h1H3,(H2,7,8,9,10). The molecule has 0 aliphatic rings. The number of rotatable bonds is 1. The molecule has 0 bridgehead atoms. The number of aryl methyl sites for hydroxylation is 1. The van der Waals surface area contributed by atoms with Crippen LogP contribution in [-0.4, -0.2) is 18.4 Å². The first-order valence-corrected chi connectivity index (χ1v) is 5.41. The first kappa shape index (κ1) is 10.0. The first-order chi connectivity index (χ1) is 5.82. The van der Waals surface area contributed by atoms with Crippen molar-refractivity contribution in [3.8, 4) is 0 Å². The summed E-state index contributed by atoms with van der Waals surface area (Å²) in [7, 11) is 0.829. The smallest absolute Gasteiger partial charge is 0.310 e. The molecule has 0 aliphatic heterocycles. The average molecular weight is 225 g/mol. The van der Waals surface area contributed by atoms with E-state index >= 15 is 0 Å². The predicted molar refractivity (Wildman–Crippen MR) is 45.5 cm³/mol. The number of hydrogen-bond donors (Lipinski definition) is 2. The van der Waals surface area contributed by atoms with E-state index < -0.39 is 25.2 Å². The van der Waals surface area contributed by atoms with Crippen molar-refractivity contribution in [2.24, 2.45) is 0 Å². The summed E-state index contributed by atoms with van der Waals surface area (Å²) in [6.07, 6.45) is 0. The maximum atomic E-state index is 11.0. The van der Waals surface area contributed by atoms with Gasteiger partial charge in [-0.1, -0.05) is 0 Å². The molecule has 0 aromatic carbocycles. The molecule has 2 N–H and O–H groups in total. The minimum atomic E-state index is -4.12. The SMILES string of the molecule is Cc1[nH]c(=O)[nH]c(=O)c1S(=O)(=O)Cl. The number of aromatic nitrogens is 2. The highest BCUT2D eigenvalue weighted by Gasteiger charge is 2.18. The fourth-order valence-corrected chi connectivity index (χ4v) is 2.13. The molecule has 13 heavy (non-hydrogen) atoms. The van der Waals surface area contributed by atoms with Crippen molar-refractivity contribution in [3.05, 3.63) is 26.5 Å². The van der Waals surface area contributed by atoms with Gasteiger partial charge in [0.2, 0.25) is 0 Å². The van der Waals surface area contributed by atoms with Crippen LogP contribution in [0.15, 0.2) is 14.5 Å². The Kier molecular flexibility index (Phi) is 2.31. The van der Waals surface area contributed by atoms with E-state index in [1.165, 1.54) is 6.92 Å². The molecule has 1 aromatic rings.